The van der Waals surface area contributed by atoms with Crippen LogP contribution in [0.2, 0.25) is 5.02 Å². The third kappa shape index (κ3) is 2.23. The molecule has 0 amide bonds. The molecule has 106 valence electrons. The van der Waals surface area contributed by atoms with E-state index in [-0.39, 0.29) is 5.75 Å². The van der Waals surface area contributed by atoms with Crippen LogP contribution in [0, 0.1) is 0 Å². The number of esters is 1. The Kier molecular flexibility index (Phi) is 3.31. The van der Waals surface area contributed by atoms with Crippen molar-refractivity contribution in [1.29, 1.82) is 0 Å². The molecule has 3 rings (SSSR count). The Morgan fingerprint density at radius 3 is 2.76 bits per heavy atom. The molecule has 4 nitrogen and oxygen atoms in total. The average Bonchev–Trinajstić information content (AvgIpc) is 2.82. The molecule has 0 aliphatic carbocycles. The predicted octanol–water partition coefficient (Wildman–Crippen LogP) is 3.78. The van der Waals surface area contributed by atoms with Crippen LogP contribution in [0.4, 0.5) is 0 Å². The smallest absolute Gasteiger partial charge is 0.339 e. The minimum atomic E-state index is -0.436. The second-order valence-electron chi connectivity index (χ2n) is 4.55. The van der Waals surface area contributed by atoms with Crippen LogP contribution in [0.3, 0.4) is 0 Å². The number of fused-ring (bicyclic) bond motifs is 1. The van der Waals surface area contributed by atoms with E-state index in [0.29, 0.717) is 21.7 Å². The molecule has 1 N–H and O–H groups in total. The molecule has 1 heterocycles. The van der Waals surface area contributed by atoms with Crippen LogP contribution in [-0.4, -0.2) is 22.8 Å². The van der Waals surface area contributed by atoms with Gasteiger partial charge < -0.3 is 14.4 Å². The van der Waals surface area contributed by atoms with E-state index in [1.54, 1.807) is 47.2 Å². The number of rotatable bonds is 2. The van der Waals surface area contributed by atoms with Gasteiger partial charge in [0.15, 0.2) is 0 Å². The van der Waals surface area contributed by atoms with Crippen molar-refractivity contribution in [2.45, 2.75) is 0 Å². The Morgan fingerprint density at radius 2 is 2.00 bits per heavy atom. The zero-order valence-corrected chi connectivity index (χ0v) is 12.0. The van der Waals surface area contributed by atoms with Gasteiger partial charge in [0.05, 0.1) is 30.1 Å². The number of carbonyl (C=O) groups is 1. The van der Waals surface area contributed by atoms with E-state index >= 15 is 0 Å². The van der Waals surface area contributed by atoms with Crippen molar-refractivity contribution in [3.8, 4) is 11.4 Å². The molecule has 0 spiro atoms. The first-order valence-electron chi connectivity index (χ1n) is 6.29. The summed E-state index contributed by atoms with van der Waals surface area (Å²) in [5.74, 6) is -0.310. The molecule has 1 aromatic heterocycles. The van der Waals surface area contributed by atoms with Crippen LogP contribution < -0.4 is 0 Å². The zero-order valence-electron chi connectivity index (χ0n) is 11.2. The lowest BCUT2D eigenvalue weighted by Gasteiger charge is -2.10. The first-order chi connectivity index (χ1) is 10.1. The van der Waals surface area contributed by atoms with Gasteiger partial charge >= 0.3 is 5.97 Å². The molecular weight excluding hydrogens is 290 g/mol. The highest BCUT2D eigenvalue weighted by atomic mass is 35.5. The lowest BCUT2D eigenvalue weighted by molar-refractivity contribution is 0.0601. The second-order valence-corrected chi connectivity index (χ2v) is 4.99. The van der Waals surface area contributed by atoms with Gasteiger partial charge in [-0.15, -0.1) is 0 Å². The monoisotopic (exact) mass is 301 g/mol. The molecule has 0 unspecified atom stereocenters. The van der Waals surface area contributed by atoms with Gasteiger partial charge in [0, 0.05) is 10.4 Å². The number of nitrogens with zero attached hydrogens (tertiary/aromatic N) is 1. The quantitative estimate of drug-likeness (QED) is 0.733. The molecule has 0 saturated carbocycles. The largest absolute Gasteiger partial charge is 0.506 e. The van der Waals surface area contributed by atoms with Crippen LogP contribution in [0.5, 0.6) is 5.75 Å². The van der Waals surface area contributed by atoms with Crippen molar-refractivity contribution in [3.05, 3.63) is 59.2 Å². The van der Waals surface area contributed by atoms with Gasteiger partial charge in [-0.3, -0.25) is 0 Å². The molecule has 21 heavy (non-hydrogen) atoms. The Balaban J connectivity index is 2.31. The number of hydrogen-bond acceptors (Lipinski definition) is 3. The van der Waals surface area contributed by atoms with Crippen LogP contribution in [0.15, 0.2) is 48.7 Å². The van der Waals surface area contributed by atoms with E-state index < -0.39 is 5.97 Å². The molecular formula is C16H12ClNO3. The van der Waals surface area contributed by atoms with Crippen molar-refractivity contribution >= 4 is 28.5 Å². The summed E-state index contributed by atoms with van der Waals surface area (Å²) in [5, 5.41) is 11.3. The van der Waals surface area contributed by atoms with E-state index in [1.165, 1.54) is 7.11 Å². The Hall–Kier alpha value is -2.46. The third-order valence-electron chi connectivity index (χ3n) is 3.32. The van der Waals surface area contributed by atoms with Crippen molar-refractivity contribution in [3.63, 3.8) is 0 Å². The number of carbonyl (C=O) groups excluding carboxylic acids is 1. The standard InChI is InChI=1S/C16H12ClNO3/c1-21-16(20)12-4-2-3-5-13(12)18-9-15(19)11-7-6-10(17)8-14(11)18/h2-9,19H,1H3. The minimum absolute atomic E-state index is 0.126. The minimum Gasteiger partial charge on any atom is -0.506 e. The lowest BCUT2D eigenvalue weighted by atomic mass is 10.1. The average molecular weight is 302 g/mol. The molecule has 5 heteroatoms. The number of para-hydroxylation sites is 1. The van der Waals surface area contributed by atoms with E-state index in [0.717, 1.165) is 5.52 Å². The summed E-state index contributed by atoms with van der Waals surface area (Å²) >= 11 is 6.03. The molecule has 0 radical (unpaired) electrons. The lowest BCUT2D eigenvalue weighted by Crippen LogP contribution is -2.07. The summed E-state index contributed by atoms with van der Waals surface area (Å²) in [6.07, 6.45) is 1.56. The highest BCUT2D eigenvalue weighted by Gasteiger charge is 2.16. The van der Waals surface area contributed by atoms with Crippen LogP contribution in [-0.2, 0) is 4.74 Å². The fraction of sp³-hybridized carbons (Fsp3) is 0.0625. The van der Waals surface area contributed by atoms with Gasteiger partial charge in [-0.25, -0.2) is 4.79 Å². The Bertz CT molecular complexity index is 839. The summed E-state index contributed by atoms with van der Waals surface area (Å²) in [6.45, 7) is 0. The number of ether oxygens (including phenoxy) is 1. The molecule has 2 aromatic carbocycles. The van der Waals surface area contributed by atoms with E-state index in [4.69, 9.17) is 16.3 Å². The number of benzene rings is 2. The number of hydrogen-bond donors (Lipinski definition) is 1. The van der Waals surface area contributed by atoms with Gasteiger partial charge in [0.1, 0.15) is 5.75 Å². The number of aromatic hydroxyl groups is 1. The summed E-state index contributed by atoms with van der Waals surface area (Å²) < 4.78 is 6.53. The third-order valence-corrected chi connectivity index (χ3v) is 3.55. The molecule has 0 fully saturated rings. The SMILES string of the molecule is COC(=O)c1ccccc1-n1cc(O)c2ccc(Cl)cc21. The van der Waals surface area contributed by atoms with E-state index in [9.17, 15) is 9.90 Å². The fourth-order valence-corrected chi connectivity index (χ4v) is 2.51. The van der Waals surface area contributed by atoms with Crippen LogP contribution >= 0.6 is 11.6 Å². The van der Waals surface area contributed by atoms with Crippen molar-refractivity contribution in [2.75, 3.05) is 7.11 Å². The number of aromatic nitrogens is 1. The number of halogens is 1. The van der Waals surface area contributed by atoms with Crippen LogP contribution in [0.1, 0.15) is 10.4 Å². The first kappa shape index (κ1) is 13.5. The zero-order chi connectivity index (χ0) is 15.0. The maximum atomic E-state index is 11.9. The summed E-state index contributed by atoms with van der Waals surface area (Å²) in [6, 6.07) is 12.2. The van der Waals surface area contributed by atoms with Gasteiger partial charge in [-0.2, -0.15) is 0 Å². The maximum Gasteiger partial charge on any atom is 0.339 e. The first-order valence-corrected chi connectivity index (χ1v) is 6.67. The summed E-state index contributed by atoms with van der Waals surface area (Å²) in [5.41, 5.74) is 1.75. The highest BCUT2D eigenvalue weighted by Crippen LogP contribution is 2.32. The highest BCUT2D eigenvalue weighted by molar-refractivity contribution is 6.31. The van der Waals surface area contributed by atoms with Crippen molar-refractivity contribution in [2.24, 2.45) is 0 Å². The molecule has 0 aliphatic heterocycles. The van der Waals surface area contributed by atoms with Gasteiger partial charge in [-0.05, 0) is 30.3 Å². The van der Waals surface area contributed by atoms with Crippen molar-refractivity contribution in [1.82, 2.24) is 4.57 Å². The molecule has 0 bridgehead atoms. The Morgan fingerprint density at radius 1 is 1.24 bits per heavy atom. The predicted molar refractivity (Wildman–Crippen MR) is 81.3 cm³/mol. The summed E-state index contributed by atoms with van der Waals surface area (Å²) in [4.78, 5) is 11.9. The maximum absolute atomic E-state index is 11.9. The normalized spacial score (nSPS) is 10.8. The van der Waals surface area contributed by atoms with Crippen molar-refractivity contribution < 1.29 is 14.6 Å². The topological polar surface area (TPSA) is 51.5 Å². The van der Waals surface area contributed by atoms with Crippen LogP contribution in [0.25, 0.3) is 16.6 Å². The second kappa shape index (κ2) is 5.14. The Labute approximate surface area is 126 Å². The van der Waals surface area contributed by atoms with Gasteiger partial charge in [-0.1, -0.05) is 23.7 Å². The van der Waals surface area contributed by atoms with Gasteiger partial charge in [0.25, 0.3) is 0 Å². The van der Waals surface area contributed by atoms with E-state index in [1.807, 2.05) is 6.07 Å². The molecule has 3 aromatic rings. The molecule has 0 saturated heterocycles. The molecule has 0 aliphatic rings. The number of methoxy groups -OCH3 is 1. The summed E-state index contributed by atoms with van der Waals surface area (Å²) in [7, 11) is 1.33. The molecule has 0 atom stereocenters. The van der Waals surface area contributed by atoms with Gasteiger partial charge in [0.2, 0.25) is 0 Å². The van der Waals surface area contributed by atoms with E-state index in [2.05, 4.69) is 0 Å². The fourth-order valence-electron chi connectivity index (χ4n) is 2.35.